The molecule has 28 heavy (non-hydrogen) atoms. The van der Waals surface area contributed by atoms with Gasteiger partial charge in [0.05, 0.1) is 37.6 Å². The van der Waals surface area contributed by atoms with Gasteiger partial charge in [-0.15, -0.1) is 0 Å². The van der Waals surface area contributed by atoms with Crippen LogP contribution in [0.25, 0.3) is 0 Å². The molecule has 2 N–H and O–H groups in total. The molecule has 10 heteroatoms. The minimum Gasteiger partial charge on any atom is -0.481 e. The van der Waals surface area contributed by atoms with Crippen molar-refractivity contribution in [3.63, 3.8) is 0 Å². The van der Waals surface area contributed by atoms with E-state index in [1.54, 1.807) is 12.1 Å². The summed E-state index contributed by atoms with van der Waals surface area (Å²) in [4.78, 5) is 21.0. The lowest BCUT2D eigenvalue weighted by atomic mass is 9.96. The van der Waals surface area contributed by atoms with Crippen molar-refractivity contribution in [3.8, 4) is 5.88 Å². The number of pyridine rings is 2. The number of nitrogens with one attached hydrogen (secondary N) is 2. The van der Waals surface area contributed by atoms with Crippen LogP contribution < -0.4 is 19.9 Å². The molecule has 6 nitrogen and oxygen atoms in total. The second-order valence-electron chi connectivity index (χ2n) is 6.42. The predicted molar refractivity (Wildman–Crippen MR) is 97.4 cm³/mol. The number of anilines is 2. The molecule has 0 bridgehead atoms. The van der Waals surface area contributed by atoms with Gasteiger partial charge in [-0.25, -0.2) is 9.97 Å². The molecule has 2 aromatic heterocycles. The Hall–Kier alpha value is -2.55. The van der Waals surface area contributed by atoms with Crippen LogP contribution in [0.5, 0.6) is 5.88 Å². The molecule has 150 valence electrons. The van der Waals surface area contributed by atoms with Crippen molar-refractivity contribution in [1.82, 2.24) is 4.98 Å². The Balaban J connectivity index is 1.58. The van der Waals surface area contributed by atoms with Gasteiger partial charge in [0.2, 0.25) is 11.8 Å². The molecule has 0 saturated carbocycles. The number of carbonyl (C=O) groups excluding carboxylic acids is 1. The summed E-state index contributed by atoms with van der Waals surface area (Å²) in [5.41, 5.74) is -0.254. The van der Waals surface area contributed by atoms with Crippen molar-refractivity contribution in [1.29, 1.82) is 0 Å². The summed E-state index contributed by atoms with van der Waals surface area (Å²) in [5.74, 6) is 0.560. The number of methoxy groups -OCH3 is 1. The Bertz CT molecular complexity index is 838. The Labute approximate surface area is 164 Å². The first kappa shape index (κ1) is 20.2. The maximum atomic E-state index is 12.8. The van der Waals surface area contributed by atoms with E-state index >= 15 is 0 Å². The summed E-state index contributed by atoms with van der Waals surface area (Å²) >= 11 is 6.03. The molecule has 0 aliphatic carbocycles. The van der Waals surface area contributed by atoms with Crippen LogP contribution in [0.4, 0.5) is 24.7 Å². The number of nitrogens with zero attached hydrogens (tertiary/aromatic N) is 2. The predicted octanol–water partition coefficient (Wildman–Crippen LogP) is 3.43. The highest BCUT2D eigenvalue weighted by Crippen LogP contribution is 2.33. The summed E-state index contributed by atoms with van der Waals surface area (Å²) in [6.45, 7) is 1.00. The van der Waals surface area contributed by atoms with Crippen LogP contribution in [-0.4, -0.2) is 31.1 Å². The number of amides is 1. The van der Waals surface area contributed by atoms with Crippen molar-refractivity contribution >= 4 is 29.0 Å². The molecule has 0 radical (unpaired) electrons. The Morgan fingerprint density at radius 3 is 2.61 bits per heavy atom. The molecule has 1 fully saturated rings. The quantitative estimate of drug-likeness (QED) is 0.830. The number of H-pyrrole nitrogens is 1. The van der Waals surface area contributed by atoms with E-state index in [1.165, 1.54) is 13.3 Å². The fourth-order valence-corrected chi connectivity index (χ4v) is 3.34. The average molecular weight is 416 g/mol. The molecule has 2 aromatic rings. The lowest BCUT2D eigenvalue weighted by Crippen LogP contribution is -2.40. The van der Waals surface area contributed by atoms with Crippen molar-refractivity contribution in [3.05, 3.63) is 41.2 Å². The van der Waals surface area contributed by atoms with E-state index in [0.717, 1.165) is 12.3 Å². The molecule has 0 spiro atoms. The summed E-state index contributed by atoms with van der Waals surface area (Å²) < 4.78 is 43.2. The van der Waals surface area contributed by atoms with Crippen LogP contribution in [0.1, 0.15) is 18.4 Å². The third-order valence-electron chi connectivity index (χ3n) is 4.60. The Kier molecular flexibility index (Phi) is 5.93. The monoisotopic (exact) mass is 415 g/mol. The highest BCUT2D eigenvalue weighted by Gasteiger charge is 2.35. The Morgan fingerprint density at radius 2 is 2.07 bits per heavy atom. The third-order valence-corrected chi connectivity index (χ3v) is 4.88. The zero-order valence-corrected chi connectivity index (χ0v) is 15.8. The first-order valence-corrected chi connectivity index (χ1v) is 9.00. The maximum Gasteiger partial charge on any atom is 0.419 e. The average Bonchev–Trinajstić information content (AvgIpc) is 2.68. The van der Waals surface area contributed by atoms with Gasteiger partial charge in [0, 0.05) is 12.0 Å². The number of aromatic nitrogens is 2. The van der Waals surface area contributed by atoms with E-state index < -0.39 is 11.7 Å². The van der Waals surface area contributed by atoms with Gasteiger partial charge >= 0.3 is 6.18 Å². The van der Waals surface area contributed by atoms with E-state index in [1.807, 2.05) is 4.90 Å². The summed E-state index contributed by atoms with van der Waals surface area (Å²) in [6, 6.07) is 4.26. The van der Waals surface area contributed by atoms with Gasteiger partial charge in [-0.2, -0.15) is 13.2 Å². The minimum absolute atomic E-state index is 0.00188. The van der Waals surface area contributed by atoms with Crippen molar-refractivity contribution in [2.45, 2.75) is 19.0 Å². The number of ether oxygens (including phenoxy) is 1. The molecule has 1 aliphatic rings. The van der Waals surface area contributed by atoms with Crippen molar-refractivity contribution < 1.29 is 27.7 Å². The largest absolute Gasteiger partial charge is 0.481 e. The van der Waals surface area contributed by atoms with Gasteiger partial charge < -0.3 is 10.1 Å². The standard InChI is InChI=1S/C18H18ClF3N4O2/c1-28-15-3-2-13(10-23-15)25-17(27)11-4-6-26(7-5-11)16-14(19)8-12(9-24-16)18(20,21)22/h2-3,8-11H,4-7H2,1H3,(H,25,27)/p+1. The van der Waals surface area contributed by atoms with E-state index in [9.17, 15) is 18.0 Å². The lowest BCUT2D eigenvalue weighted by Gasteiger charge is -2.27. The van der Waals surface area contributed by atoms with E-state index in [-0.39, 0.29) is 16.8 Å². The molecule has 1 aliphatic heterocycles. The molecular weight excluding hydrogens is 397 g/mol. The minimum atomic E-state index is -4.46. The molecule has 0 atom stereocenters. The van der Waals surface area contributed by atoms with E-state index in [2.05, 4.69) is 15.3 Å². The lowest BCUT2D eigenvalue weighted by molar-refractivity contribution is -0.367. The van der Waals surface area contributed by atoms with Gasteiger partial charge in [-0.3, -0.25) is 9.69 Å². The van der Waals surface area contributed by atoms with Crippen LogP contribution in [0.3, 0.4) is 0 Å². The molecule has 1 saturated heterocycles. The molecule has 0 aromatic carbocycles. The van der Waals surface area contributed by atoms with Crippen LogP contribution in [-0.2, 0) is 11.0 Å². The topological polar surface area (TPSA) is 68.6 Å². The highest BCUT2D eigenvalue weighted by molar-refractivity contribution is 6.32. The number of carbonyl (C=O) groups is 1. The number of piperidine rings is 1. The zero-order chi connectivity index (χ0) is 20.3. The summed E-state index contributed by atoms with van der Waals surface area (Å²) in [5, 5.41) is 2.82. The van der Waals surface area contributed by atoms with E-state index in [4.69, 9.17) is 16.3 Å². The maximum absolute atomic E-state index is 12.8. The number of hydrogen-bond donors (Lipinski definition) is 1. The molecule has 1 amide bonds. The third kappa shape index (κ3) is 4.64. The fourth-order valence-electron chi connectivity index (χ4n) is 3.05. The van der Waals surface area contributed by atoms with Gasteiger partial charge in [-0.1, -0.05) is 11.6 Å². The van der Waals surface area contributed by atoms with Crippen molar-refractivity contribution in [2.75, 3.05) is 30.4 Å². The summed E-state index contributed by atoms with van der Waals surface area (Å²) in [7, 11) is 1.51. The highest BCUT2D eigenvalue weighted by atomic mass is 35.5. The Morgan fingerprint density at radius 1 is 1.36 bits per heavy atom. The fraction of sp³-hybridized carbons (Fsp3) is 0.389. The van der Waals surface area contributed by atoms with Crippen LogP contribution in [0.2, 0.25) is 5.02 Å². The summed E-state index contributed by atoms with van der Waals surface area (Å²) in [6.07, 6.45) is -0.930. The second kappa shape index (κ2) is 8.22. The van der Waals surface area contributed by atoms with Crippen LogP contribution >= 0.6 is 11.6 Å². The number of hydrogen-bond acceptors (Lipinski definition) is 4. The first-order chi connectivity index (χ1) is 13.3. The molecule has 3 rings (SSSR count). The smallest absolute Gasteiger partial charge is 0.419 e. The normalized spacial score (nSPS) is 15.4. The van der Waals surface area contributed by atoms with Gasteiger partial charge in [-0.05, 0) is 25.0 Å². The van der Waals surface area contributed by atoms with Crippen molar-refractivity contribution in [2.24, 2.45) is 5.92 Å². The number of aromatic amines is 1. The first-order valence-electron chi connectivity index (χ1n) is 8.62. The van der Waals surface area contributed by atoms with Gasteiger partial charge in [0.25, 0.3) is 5.82 Å². The zero-order valence-electron chi connectivity index (χ0n) is 15.0. The van der Waals surface area contributed by atoms with E-state index in [0.29, 0.717) is 43.3 Å². The second-order valence-corrected chi connectivity index (χ2v) is 6.83. The number of rotatable bonds is 4. The molecule has 3 heterocycles. The number of alkyl halides is 3. The number of halogens is 4. The SMILES string of the molecule is COc1ccc(NC(=O)C2CCN(c3[nH+]cc(C(F)(F)F)cc3Cl)CC2)cn1. The molecular formula is C18H19ClF3N4O2+. The van der Waals surface area contributed by atoms with Gasteiger partial charge in [0.1, 0.15) is 11.2 Å². The van der Waals surface area contributed by atoms with Gasteiger partial charge in [0.15, 0.2) is 0 Å². The van der Waals surface area contributed by atoms with Crippen LogP contribution in [0.15, 0.2) is 30.6 Å². The van der Waals surface area contributed by atoms with Crippen LogP contribution in [0, 0.1) is 5.92 Å². The molecule has 0 unspecified atom stereocenters.